The fraction of sp³-hybridized carbons (Fsp3) is 0.0870. The number of aromatic hydroxyl groups is 1. The van der Waals surface area contributed by atoms with Crippen molar-refractivity contribution < 1.29 is 19.1 Å². The molecule has 0 saturated carbocycles. The largest absolute Gasteiger partial charge is 0.506 e. The van der Waals surface area contributed by atoms with E-state index in [1.165, 1.54) is 16.7 Å². The van der Waals surface area contributed by atoms with E-state index in [0.29, 0.717) is 25.9 Å². The van der Waals surface area contributed by atoms with Crippen LogP contribution in [-0.2, 0) is 11.3 Å². The molecule has 0 unspecified atom stereocenters. The third-order valence-corrected chi connectivity index (χ3v) is 6.65. The predicted molar refractivity (Wildman–Crippen MR) is 136 cm³/mol. The Bertz CT molecular complexity index is 1260. The van der Waals surface area contributed by atoms with Gasteiger partial charge in [-0.05, 0) is 87.9 Å². The fourth-order valence-corrected chi connectivity index (χ4v) is 5.14. The van der Waals surface area contributed by atoms with Gasteiger partial charge in [0.1, 0.15) is 17.3 Å². The van der Waals surface area contributed by atoms with Gasteiger partial charge in [-0.3, -0.25) is 9.69 Å². The minimum atomic E-state index is -0.259. The monoisotopic (exact) mass is 589 g/mol. The molecule has 0 bridgehead atoms. The zero-order chi connectivity index (χ0) is 23.4. The molecule has 2 aromatic carbocycles. The Balaban J connectivity index is 1.64. The Morgan fingerprint density at radius 1 is 1.21 bits per heavy atom. The van der Waals surface area contributed by atoms with Gasteiger partial charge in [0, 0.05) is 10.0 Å². The van der Waals surface area contributed by atoms with E-state index in [4.69, 9.17) is 9.15 Å². The molecule has 168 valence electrons. The standard InChI is InChI=1S/C23H17Br2N3O4S/c1-31-17-6-4-14(5-7-17)12-26-27-23-28(13-18-3-2-8-32-18)22(30)20(33-23)10-15-9-16(24)11-19(25)21(15)29/h2-12,29H,13H2,1H3/b20-10-,26-12-,27-23+. The van der Waals surface area contributed by atoms with Crippen LogP contribution in [0.4, 0.5) is 0 Å². The van der Waals surface area contributed by atoms with E-state index in [0.717, 1.165) is 15.8 Å². The summed E-state index contributed by atoms with van der Waals surface area (Å²) in [5, 5.41) is 19.2. The van der Waals surface area contributed by atoms with Crippen LogP contribution in [-0.4, -0.2) is 34.4 Å². The van der Waals surface area contributed by atoms with Gasteiger partial charge in [-0.25, -0.2) is 0 Å². The Hall–Kier alpha value is -2.82. The number of phenolic OH excluding ortho intramolecular Hbond substituents is 1. The van der Waals surface area contributed by atoms with Crippen molar-refractivity contribution >= 4 is 67.0 Å². The van der Waals surface area contributed by atoms with Gasteiger partial charge in [0.15, 0.2) is 5.17 Å². The number of carbonyl (C=O) groups excluding carboxylic acids is 1. The number of ether oxygens (including phenoxy) is 1. The number of halogens is 2. The van der Waals surface area contributed by atoms with Crippen LogP contribution in [0.2, 0.25) is 0 Å². The predicted octanol–water partition coefficient (Wildman–Crippen LogP) is 6.03. The number of phenols is 1. The first-order valence-corrected chi connectivity index (χ1v) is 12.0. The number of carbonyl (C=O) groups is 1. The first kappa shape index (κ1) is 23.3. The summed E-state index contributed by atoms with van der Waals surface area (Å²) in [6.45, 7) is 0.210. The summed E-state index contributed by atoms with van der Waals surface area (Å²) >= 11 is 7.90. The van der Waals surface area contributed by atoms with Crippen LogP contribution in [0.3, 0.4) is 0 Å². The molecule has 2 heterocycles. The molecule has 1 saturated heterocycles. The molecule has 33 heavy (non-hydrogen) atoms. The number of benzene rings is 2. The van der Waals surface area contributed by atoms with Gasteiger partial charge in [0.25, 0.3) is 5.91 Å². The van der Waals surface area contributed by atoms with E-state index >= 15 is 0 Å². The molecule has 1 aliphatic rings. The van der Waals surface area contributed by atoms with Crippen LogP contribution >= 0.6 is 43.6 Å². The summed E-state index contributed by atoms with van der Waals surface area (Å²) in [4.78, 5) is 15.1. The van der Waals surface area contributed by atoms with Gasteiger partial charge in [-0.15, -0.1) is 5.10 Å². The number of amidine groups is 1. The number of hydrogen-bond acceptors (Lipinski definition) is 7. The van der Waals surface area contributed by atoms with Crippen molar-refractivity contribution in [2.45, 2.75) is 6.54 Å². The Labute approximate surface area is 211 Å². The van der Waals surface area contributed by atoms with Crippen LogP contribution in [0.5, 0.6) is 11.5 Å². The lowest BCUT2D eigenvalue weighted by molar-refractivity contribution is -0.122. The summed E-state index contributed by atoms with van der Waals surface area (Å²) in [7, 11) is 1.61. The highest BCUT2D eigenvalue weighted by molar-refractivity contribution is 9.11. The molecule has 1 fully saturated rings. The van der Waals surface area contributed by atoms with Gasteiger partial charge >= 0.3 is 0 Å². The van der Waals surface area contributed by atoms with Gasteiger partial charge in [0.05, 0.1) is 35.5 Å². The smallest absolute Gasteiger partial charge is 0.267 e. The van der Waals surface area contributed by atoms with E-state index < -0.39 is 0 Å². The van der Waals surface area contributed by atoms with Crippen molar-refractivity contribution in [3.05, 3.63) is 85.5 Å². The van der Waals surface area contributed by atoms with Crippen LogP contribution in [0, 0.1) is 0 Å². The van der Waals surface area contributed by atoms with E-state index in [1.54, 1.807) is 49.9 Å². The normalized spacial score (nSPS) is 16.5. The SMILES string of the molecule is COc1ccc(/C=N\N=C2\S/C(=C\c3cc(Br)cc(Br)c3O)C(=O)N2Cc2ccco2)cc1. The molecule has 1 amide bonds. The van der Waals surface area contributed by atoms with E-state index in [1.807, 2.05) is 24.3 Å². The average Bonchev–Trinajstić information content (AvgIpc) is 3.42. The van der Waals surface area contributed by atoms with Crippen molar-refractivity contribution in [1.82, 2.24) is 4.90 Å². The maximum Gasteiger partial charge on any atom is 0.267 e. The van der Waals surface area contributed by atoms with Crippen molar-refractivity contribution in [3.63, 3.8) is 0 Å². The van der Waals surface area contributed by atoms with E-state index in [2.05, 4.69) is 42.1 Å². The second-order valence-electron chi connectivity index (χ2n) is 6.81. The summed E-state index contributed by atoms with van der Waals surface area (Å²) in [6, 6.07) is 14.4. The lowest BCUT2D eigenvalue weighted by Crippen LogP contribution is -2.28. The number of nitrogens with zero attached hydrogens (tertiary/aromatic N) is 3. The highest BCUT2D eigenvalue weighted by Gasteiger charge is 2.34. The number of methoxy groups -OCH3 is 1. The molecule has 10 heteroatoms. The maximum atomic E-state index is 13.2. The minimum Gasteiger partial charge on any atom is -0.506 e. The third kappa shape index (κ3) is 5.58. The molecule has 0 aliphatic carbocycles. The molecule has 1 aliphatic heterocycles. The van der Waals surface area contributed by atoms with Crippen LogP contribution in [0.25, 0.3) is 6.08 Å². The highest BCUT2D eigenvalue weighted by atomic mass is 79.9. The van der Waals surface area contributed by atoms with Crippen molar-refractivity contribution in [2.24, 2.45) is 10.2 Å². The summed E-state index contributed by atoms with van der Waals surface area (Å²) in [6.07, 6.45) is 4.78. The van der Waals surface area contributed by atoms with Gasteiger partial charge in [0.2, 0.25) is 0 Å². The zero-order valence-electron chi connectivity index (χ0n) is 17.2. The van der Waals surface area contributed by atoms with Gasteiger partial charge < -0.3 is 14.3 Å². The van der Waals surface area contributed by atoms with Gasteiger partial charge in [-0.1, -0.05) is 15.9 Å². The van der Waals surface area contributed by atoms with Crippen LogP contribution in [0.1, 0.15) is 16.9 Å². The molecule has 0 radical (unpaired) electrons. The zero-order valence-corrected chi connectivity index (χ0v) is 21.2. The molecule has 0 atom stereocenters. The molecule has 4 rings (SSSR count). The summed E-state index contributed by atoms with van der Waals surface area (Å²) < 4.78 is 11.8. The first-order chi connectivity index (χ1) is 15.9. The van der Waals surface area contributed by atoms with Gasteiger partial charge in [-0.2, -0.15) is 5.10 Å². The van der Waals surface area contributed by atoms with Crippen molar-refractivity contribution in [3.8, 4) is 11.5 Å². The number of rotatable bonds is 6. The Morgan fingerprint density at radius 3 is 2.70 bits per heavy atom. The lowest BCUT2D eigenvalue weighted by Gasteiger charge is -2.12. The van der Waals surface area contributed by atoms with Crippen molar-refractivity contribution in [1.29, 1.82) is 0 Å². The molecular weight excluding hydrogens is 574 g/mol. The second kappa shape index (κ2) is 10.4. The Morgan fingerprint density at radius 2 is 2.00 bits per heavy atom. The maximum absolute atomic E-state index is 13.2. The van der Waals surface area contributed by atoms with Crippen molar-refractivity contribution in [2.75, 3.05) is 7.11 Å². The summed E-state index contributed by atoms with van der Waals surface area (Å²) in [5.41, 5.74) is 1.33. The lowest BCUT2D eigenvalue weighted by atomic mass is 10.2. The first-order valence-electron chi connectivity index (χ1n) is 9.61. The fourth-order valence-electron chi connectivity index (χ4n) is 2.95. The molecule has 1 aromatic heterocycles. The molecular formula is C23H17Br2N3O4S. The molecule has 1 N–H and O–H groups in total. The molecule has 3 aromatic rings. The topological polar surface area (TPSA) is 87.6 Å². The van der Waals surface area contributed by atoms with Crippen LogP contribution in [0.15, 0.2) is 83.3 Å². The highest BCUT2D eigenvalue weighted by Crippen LogP contribution is 2.38. The molecule has 0 spiro atoms. The minimum absolute atomic E-state index is 0.0413. The number of hydrogen-bond donors (Lipinski definition) is 1. The summed E-state index contributed by atoms with van der Waals surface area (Å²) in [5.74, 6) is 1.15. The second-order valence-corrected chi connectivity index (χ2v) is 9.59. The number of amides is 1. The average molecular weight is 591 g/mol. The van der Waals surface area contributed by atoms with E-state index in [-0.39, 0.29) is 18.2 Å². The number of furan rings is 1. The Kier molecular flexibility index (Phi) is 7.36. The quantitative estimate of drug-likeness (QED) is 0.215. The third-order valence-electron chi connectivity index (χ3n) is 4.59. The van der Waals surface area contributed by atoms with E-state index in [9.17, 15) is 9.90 Å². The number of thioether (sulfide) groups is 1. The molecule has 7 nitrogen and oxygen atoms in total. The van der Waals surface area contributed by atoms with Crippen LogP contribution < -0.4 is 4.74 Å².